The topological polar surface area (TPSA) is 68.5 Å². The van der Waals surface area contributed by atoms with Crippen LogP contribution in [0.15, 0.2) is 4.52 Å². The molecule has 0 aromatic carbocycles. The van der Waals surface area contributed by atoms with E-state index in [9.17, 15) is 4.79 Å². The molecule has 0 saturated carbocycles. The summed E-state index contributed by atoms with van der Waals surface area (Å²) in [6.07, 6.45) is 1.91. The smallest absolute Gasteiger partial charge is 0.226 e. The highest BCUT2D eigenvalue weighted by Gasteiger charge is 2.21. The molecular weight excluding hydrogens is 258 g/mol. The Labute approximate surface area is 119 Å². The summed E-state index contributed by atoms with van der Waals surface area (Å²) < 4.78 is 10.4. The average Bonchev–Trinajstić information content (AvgIpc) is 2.88. The molecule has 1 aromatic rings. The second-order valence-corrected chi connectivity index (χ2v) is 6.11. The zero-order valence-corrected chi connectivity index (χ0v) is 12.5. The molecule has 1 aliphatic heterocycles. The molecule has 2 heterocycles. The second kappa shape index (κ2) is 6.35. The highest BCUT2D eigenvalue weighted by molar-refractivity contribution is 5.76. The fourth-order valence-corrected chi connectivity index (χ4v) is 2.02. The molecule has 0 radical (unpaired) electrons. The SMILES string of the molecule is CC(C)(C)c1noc(CCCC(=O)N2CCOCC2)n1. The maximum absolute atomic E-state index is 12.0. The molecule has 0 N–H and O–H groups in total. The van der Waals surface area contributed by atoms with E-state index in [-0.39, 0.29) is 11.3 Å². The molecule has 2 rings (SSSR count). The van der Waals surface area contributed by atoms with Gasteiger partial charge in [0.1, 0.15) is 0 Å². The molecule has 0 spiro atoms. The number of carbonyl (C=O) groups is 1. The minimum absolute atomic E-state index is 0.106. The Morgan fingerprint density at radius 3 is 2.60 bits per heavy atom. The fraction of sp³-hybridized carbons (Fsp3) is 0.786. The van der Waals surface area contributed by atoms with Gasteiger partial charge in [0.2, 0.25) is 11.8 Å². The lowest BCUT2D eigenvalue weighted by atomic mass is 9.96. The van der Waals surface area contributed by atoms with E-state index in [1.54, 1.807) is 0 Å². The van der Waals surface area contributed by atoms with Crippen molar-refractivity contribution in [3.63, 3.8) is 0 Å². The van der Waals surface area contributed by atoms with Crippen LogP contribution in [0.4, 0.5) is 0 Å². The molecule has 1 aliphatic rings. The fourth-order valence-electron chi connectivity index (χ4n) is 2.02. The van der Waals surface area contributed by atoms with Gasteiger partial charge in [-0.3, -0.25) is 4.79 Å². The van der Waals surface area contributed by atoms with Crippen molar-refractivity contribution < 1.29 is 14.1 Å². The van der Waals surface area contributed by atoms with Crippen LogP contribution in [-0.4, -0.2) is 47.3 Å². The van der Waals surface area contributed by atoms with Crippen molar-refractivity contribution in [2.24, 2.45) is 0 Å². The van der Waals surface area contributed by atoms with Gasteiger partial charge in [0.05, 0.1) is 13.2 Å². The molecule has 0 unspecified atom stereocenters. The Kier molecular flexibility index (Phi) is 4.75. The van der Waals surface area contributed by atoms with Crippen LogP contribution in [0.2, 0.25) is 0 Å². The van der Waals surface area contributed by atoms with Gasteiger partial charge in [-0.05, 0) is 6.42 Å². The van der Waals surface area contributed by atoms with Crippen LogP contribution >= 0.6 is 0 Å². The zero-order chi connectivity index (χ0) is 14.6. The highest BCUT2D eigenvalue weighted by atomic mass is 16.5. The number of aryl methyl sites for hydroxylation is 1. The average molecular weight is 281 g/mol. The maximum atomic E-state index is 12.0. The third-order valence-electron chi connectivity index (χ3n) is 3.28. The normalized spacial score (nSPS) is 16.4. The monoisotopic (exact) mass is 281 g/mol. The van der Waals surface area contributed by atoms with Crippen molar-refractivity contribution in [1.82, 2.24) is 15.0 Å². The lowest BCUT2D eigenvalue weighted by Gasteiger charge is -2.26. The molecule has 1 fully saturated rings. The predicted octanol–water partition coefficient (Wildman–Crippen LogP) is 1.55. The Balaban J connectivity index is 1.75. The number of nitrogens with zero attached hydrogens (tertiary/aromatic N) is 3. The summed E-state index contributed by atoms with van der Waals surface area (Å²) in [6.45, 7) is 8.83. The summed E-state index contributed by atoms with van der Waals surface area (Å²) >= 11 is 0. The number of ether oxygens (including phenoxy) is 1. The van der Waals surface area contributed by atoms with E-state index in [4.69, 9.17) is 9.26 Å². The van der Waals surface area contributed by atoms with Gasteiger partial charge in [0.15, 0.2) is 5.82 Å². The van der Waals surface area contributed by atoms with Crippen LogP contribution in [0, 0.1) is 0 Å². The second-order valence-electron chi connectivity index (χ2n) is 6.11. The molecule has 20 heavy (non-hydrogen) atoms. The van der Waals surface area contributed by atoms with Gasteiger partial charge in [-0.2, -0.15) is 4.98 Å². The summed E-state index contributed by atoms with van der Waals surface area (Å²) in [7, 11) is 0. The summed E-state index contributed by atoms with van der Waals surface area (Å²) in [5, 5.41) is 3.98. The van der Waals surface area contributed by atoms with E-state index in [2.05, 4.69) is 10.1 Å². The molecule has 6 nitrogen and oxygen atoms in total. The van der Waals surface area contributed by atoms with E-state index in [0.29, 0.717) is 50.9 Å². The first-order chi connectivity index (χ1) is 9.47. The van der Waals surface area contributed by atoms with Gasteiger partial charge in [-0.1, -0.05) is 25.9 Å². The van der Waals surface area contributed by atoms with E-state index < -0.39 is 0 Å². The quantitative estimate of drug-likeness (QED) is 0.837. The van der Waals surface area contributed by atoms with Crippen LogP contribution in [0.25, 0.3) is 0 Å². The summed E-state index contributed by atoms with van der Waals surface area (Å²) in [5.74, 6) is 1.51. The number of hydrogen-bond acceptors (Lipinski definition) is 5. The number of carbonyl (C=O) groups excluding carboxylic acids is 1. The predicted molar refractivity (Wildman–Crippen MR) is 73.3 cm³/mol. The van der Waals surface area contributed by atoms with Gasteiger partial charge in [-0.25, -0.2) is 0 Å². The van der Waals surface area contributed by atoms with Crippen LogP contribution in [0.3, 0.4) is 0 Å². The van der Waals surface area contributed by atoms with Crippen molar-refractivity contribution in [3.8, 4) is 0 Å². The molecule has 112 valence electrons. The van der Waals surface area contributed by atoms with E-state index in [1.165, 1.54) is 0 Å². The summed E-state index contributed by atoms with van der Waals surface area (Å²) in [5.41, 5.74) is -0.106. The van der Waals surface area contributed by atoms with Gasteiger partial charge >= 0.3 is 0 Å². The first-order valence-corrected chi connectivity index (χ1v) is 7.15. The number of hydrogen-bond donors (Lipinski definition) is 0. The van der Waals surface area contributed by atoms with Crippen LogP contribution in [0.5, 0.6) is 0 Å². The number of amides is 1. The van der Waals surface area contributed by atoms with Gasteiger partial charge < -0.3 is 14.2 Å². The Hall–Kier alpha value is -1.43. The first-order valence-electron chi connectivity index (χ1n) is 7.15. The lowest BCUT2D eigenvalue weighted by Crippen LogP contribution is -2.40. The zero-order valence-electron chi connectivity index (χ0n) is 12.5. The molecule has 0 atom stereocenters. The molecule has 6 heteroatoms. The minimum atomic E-state index is -0.106. The number of morpholine rings is 1. The molecule has 1 aromatic heterocycles. The van der Waals surface area contributed by atoms with Crippen LogP contribution < -0.4 is 0 Å². The van der Waals surface area contributed by atoms with Crippen molar-refractivity contribution in [1.29, 1.82) is 0 Å². The molecule has 0 bridgehead atoms. The molecule has 1 saturated heterocycles. The largest absolute Gasteiger partial charge is 0.378 e. The number of rotatable bonds is 4. The third kappa shape index (κ3) is 4.03. The van der Waals surface area contributed by atoms with E-state index in [0.717, 1.165) is 6.42 Å². The van der Waals surface area contributed by atoms with Crippen molar-refractivity contribution in [3.05, 3.63) is 11.7 Å². The first kappa shape index (κ1) is 15.0. The van der Waals surface area contributed by atoms with Gasteiger partial charge in [0.25, 0.3) is 0 Å². The standard InChI is InChI=1S/C14H23N3O3/c1-14(2,3)13-15-11(20-16-13)5-4-6-12(18)17-7-9-19-10-8-17/h4-10H2,1-3H3. The van der Waals surface area contributed by atoms with Crippen molar-refractivity contribution in [2.75, 3.05) is 26.3 Å². The highest BCUT2D eigenvalue weighted by Crippen LogP contribution is 2.19. The minimum Gasteiger partial charge on any atom is -0.378 e. The Morgan fingerprint density at radius 2 is 2.00 bits per heavy atom. The molecule has 1 amide bonds. The molecule has 0 aliphatic carbocycles. The summed E-state index contributed by atoms with van der Waals surface area (Å²) in [4.78, 5) is 18.2. The lowest BCUT2D eigenvalue weighted by molar-refractivity contribution is -0.135. The van der Waals surface area contributed by atoms with E-state index >= 15 is 0 Å². The van der Waals surface area contributed by atoms with Crippen molar-refractivity contribution in [2.45, 2.75) is 45.4 Å². The Bertz CT molecular complexity index is 445. The summed E-state index contributed by atoms with van der Waals surface area (Å²) in [6, 6.07) is 0. The van der Waals surface area contributed by atoms with Gasteiger partial charge in [-0.15, -0.1) is 0 Å². The van der Waals surface area contributed by atoms with Crippen molar-refractivity contribution >= 4 is 5.91 Å². The molecular formula is C14H23N3O3. The van der Waals surface area contributed by atoms with Gasteiger partial charge in [0, 0.05) is 31.3 Å². The Morgan fingerprint density at radius 1 is 1.30 bits per heavy atom. The van der Waals surface area contributed by atoms with E-state index in [1.807, 2.05) is 25.7 Å². The number of aromatic nitrogens is 2. The van der Waals surface area contributed by atoms with Crippen LogP contribution in [-0.2, 0) is 21.4 Å². The van der Waals surface area contributed by atoms with Crippen LogP contribution in [0.1, 0.15) is 45.3 Å². The maximum Gasteiger partial charge on any atom is 0.226 e. The third-order valence-corrected chi connectivity index (χ3v) is 3.28.